The van der Waals surface area contributed by atoms with E-state index in [0.717, 1.165) is 12.0 Å². The van der Waals surface area contributed by atoms with E-state index in [1.54, 1.807) is 6.92 Å². The summed E-state index contributed by atoms with van der Waals surface area (Å²) >= 11 is 0. The van der Waals surface area contributed by atoms with Crippen molar-refractivity contribution in [1.82, 2.24) is 5.32 Å². The highest BCUT2D eigenvalue weighted by atomic mass is 16.5. The van der Waals surface area contributed by atoms with Gasteiger partial charge in [-0.2, -0.15) is 0 Å². The van der Waals surface area contributed by atoms with Gasteiger partial charge in [0.2, 0.25) is 0 Å². The van der Waals surface area contributed by atoms with Gasteiger partial charge >= 0.3 is 0 Å². The molecule has 0 aromatic heterocycles. The molecular weight excluding hydrogens is 310 g/mol. The Balaban J connectivity index is 1.98. The van der Waals surface area contributed by atoms with Crippen LogP contribution in [0.4, 0.5) is 0 Å². The molecule has 3 nitrogen and oxygen atoms in total. The molecule has 134 valence electrons. The number of hydrogen-bond acceptors (Lipinski definition) is 2. The van der Waals surface area contributed by atoms with Crippen LogP contribution in [0.1, 0.15) is 58.2 Å². The summed E-state index contributed by atoms with van der Waals surface area (Å²) < 4.78 is 5.81. The van der Waals surface area contributed by atoms with Gasteiger partial charge in [0.15, 0.2) is 6.10 Å². The van der Waals surface area contributed by atoms with Gasteiger partial charge in [-0.3, -0.25) is 4.79 Å². The quantitative estimate of drug-likeness (QED) is 0.802. The molecule has 1 N–H and O–H groups in total. The van der Waals surface area contributed by atoms with Gasteiger partial charge in [0, 0.05) is 0 Å². The van der Waals surface area contributed by atoms with E-state index < -0.39 is 6.10 Å². The summed E-state index contributed by atoms with van der Waals surface area (Å²) in [5.74, 6) is 0.610. The van der Waals surface area contributed by atoms with Crippen molar-refractivity contribution >= 4 is 5.91 Å². The molecule has 0 saturated carbocycles. The average Bonchev–Trinajstić information content (AvgIpc) is 2.59. The normalized spacial score (nSPS) is 13.8. The third-order valence-corrected chi connectivity index (χ3v) is 4.33. The Kier molecular flexibility index (Phi) is 6.24. The lowest BCUT2D eigenvalue weighted by molar-refractivity contribution is -0.128. The maximum atomic E-state index is 12.5. The summed E-state index contributed by atoms with van der Waals surface area (Å²) in [6, 6.07) is 18.0. The maximum Gasteiger partial charge on any atom is 0.261 e. The molecule has 2 rings (SSSR count). The first-order chi connectivity index (χ1) is 11.8. The highest BCUT2D eigenvalue weighted by molar-refractivity contribution is 5.81. The van der Waals surface area contributed by atoms with Crippen LogP contribution in [0, 0.1) is 0 Å². The van der Waals surface area contributed by atoms with E-state index in [4.69, 9.17) is 4.74 Å². The Bertz CT molecular complexity index is 671. The van der Waals surface area contributed by atoms with Gasteiger partial charge in [0.25, 0.3) is 5.91 Å². The molecule has 0 spiro atoms. The van der Waals surface area contributed by atoms with E-state index in [9.17, 15) is 4.79 Å². The van der Waals surface area contributed by atoms with Crippen molar-refractivity contribution in [3.8, 4) is 5.75 Å². The first-order valence-electron chi connectivity index (χ1n) is 8.93. The first kappa shape index (κ1) is 19.0. The zero-order valence-electron chi connectivity index (χ0n) is 15.9. The van der Waals surface area contributed by atoms with E-state index in [1.807, 2.05) is 42.5 Å². The summed E-state index contributed by atoms with van der Waals surface area (Å²) in [5, 5.41) is 3.07. The molecule has 0 heterocycles. The SMILES string of the molecule is CC[C@@H](NC(=O)[C@@H](C)Oc1ccc(C(C)(C)C)cc1)c1ccccc1. The molecular formula is C22H29NO2. The van der Waals surface area contributed by atoms with Gasteiger partial charge in [0.1, 0.15) is 5.75 Å². The van der Waals surface area contributed by atoms with Crippen LogP contribution in [0.3, 0.4) is 0 Å². The number of amides is 1. The van der Waals surface area contributed by atoms with Crippen LogP contribution in [0.2, 0.25) is 0 Å². The fourth-order valence-corrected chi connectivity index (χ4v) is 2.69. The minimum absolute atomic E-state index is 0.00279. The van der Waals surface area contributed by atoms with Crippen molar-refractivity contribution in [2.45, 2.75) is 58.6 Å². The van der Waals surface area contributed by atoms with Crippen LogP contribution in [0.5, 0.6) is 5.75 Å². The second kappa shape index (κ2) is 8.19. The lowest BCUT2D eigenvalue weighted by Gasteiger charge is -2.22. The topological polar surface area (TPSA) is 38.3 Å². The molecule has 2 aromatic carbocycles. The van der Waals surface area contributed by atoms with Gasteiger partial charge in [0.05, 0.1) is 6.04 Å². The van der Waals surface area contributed by atoms with Gasteiger partial charge in [-0.25, -0.2) is 0 Å². The summed E-state index contributed by atoms with van der Waals surface area (Å²) in [6.07, 6.45) is 0.293. The minimum Gasteiger partial charge on any atom is -0.481 e. The van der Waals surface area contributed by atoms with E-state index in [0.29, 0.717) is 5.75 Å². The van der Waals surface area contributed by atoms with Crippen molar-refractivity contribution in [3.05, 3.63) is 65.7 Å². The van der Waals surface area contributed by atoms with Crippen LogP contribution >= 0.6 is 0 Å². The Morgan fingerprint density at radius 3 is 2.16 bits per heavy atom. The predicted octanol–water partition coefficient (Wildman–Crippen LogP) is 5.02. The van der Waals surface area contributed by atoms with Gasteiger partial charge < -0.3 is 10.1 Å². The molecule has 3 heteroatoms. The molecule has 1 amide bonds. The number of rotatable bonds is 6. The van der Waals surface area contributed by atoms with Crippen LogP contribution in [-0.2, 0) is 10.2 Å². The predicted molar refractivity (Wildman–Crippen MR) is 103 cm³/mol. The zero-order valence-corrected chi connectivity index (χ0v) is 15.9. The Hall–Kier alpha value is -2.29. The lowest BCUT2D eigenvalue weighted by Crippen LogP contribution is -2.38. The third kappa shape index (κ3) is 5.35. The van der Waals surface area contributed by atoms with Crippen molar-refractivity contribution in [2.24, 2.45) is 0 Å². The maximum absolute atomic E-state index is 12.5. The molecule has 0 fully saturated rings. The number of nitrogens with one attached hydrogen (secondary N) is 1. The molecule has 25 heavy (non-hydrogen) atoms. The highest BCUT2D eigenvalue weighted by Crippen LogP contribution is 2.25. The van der Waals surface area contributed by atoms with Gasteiger partial charge in [-0.05, 0) is 42.0 Å². The molecule has 0 aliphatic rings. The largest absolute Gasteiger partial charge is 0.481 e. The highest BCUT2D eigenvalue weighted by Gasteiger charge is 2.20. The third-order valence-electron chi connectivity index (χ3n) is 4.33. The summed E-state index contributed by atoms with van der Waals surface area (Å²) in [6.45, 7) is 10.4. The first-order valence-corrected chi connectivity index (χ1v) is 8.93. The molecule has 2 aromatic rings. The average molecular weight is 339 g/mol. The van der Waals surface area contributed by atoms with E-state index in [-0.39, 0.29) is 17.4 Å². The zero-order chi connectivity index (χ0) is 18.4. The fourth-order valence-electron chi connectivity index (χ4n) is 2.69. The van der Waals surface area contributed by atoms with E-state index in [2.05, 4.69) is 45.1 Å². The number of carbonyl (C=O) groups excluding carboxylic acids is 1. The van der Waals surface area contributed by atoms with Crippen molar-refractivity contribution in [1.29, 1.82) is 0 Å². The Morgan fingerprint density at radius 1 is 1.04 bits per heavy atom. The van der Waals surface area contributed by atoms with Gasteiger partial charge in [-0.1, -0.05) is 70.2 Å². The van der Waals surface area contributed by atoms with Crippen LogP contribution in [0.15, 0.2) is 54.6 Å². The van der Waals surface area contributed by atoms with Crippen LogP contribution < -0.4 is 10.1 Å². The number of ether oxygens (including phenoxy) is 1. The smallest absolute Gasteiger partial charge is 0.261 e. The molecule has 0 unspecified atom stereocenters. The van der Waals surface area contributed by atoms with Gasteiger partial charge in [-0.15, -0.1) is 0 Å². The van der Waals surface area contributed by atoms with Crippen molar-refractivity contribution in [2.75, 3.05) is 0 Å². The second-order valence-electron chi connectivity index (χ2n) is 7.41. The molecule has 0 aliphatic heterocycles. The van der Waals surface area contributed by atoms with Crippen molar-refractivity contribution < 1.29 is 9.53 Å². The summed E-state index contributed by atoms with van der Waals surface area (Å²) in [5.41, 5.74) is 2.46. The monoisotopic (exact) mass is 339 g/mol. The standard InChI is InChI=1S/C22H29NO2/c1-6-20(17-10-8-7-9-11-17)23-21(24)16(2)25-19-14-12-18(13-15-19)22(3,4)5/h7-16,20H,6H2,1-5H3,(H,23,24)/t16-,20-/m1/s1. The molecule has 0 radical (unpaired) electrons. The number of hydrogen-bond donors (Lipinski definition) is 1. The molecule has 0 aliphatic carbocycles. The second-order valence-corrected chi connectivity index (χ2v) is 7.41. The Morgan fingerprint density at radius 2 is 1.64 bits per heavy atom. The fraction of sp³-hybridized carbons (Fsp3) is 0.409. The number of carbonyl (C=O) groups is 1. The van der Waals surface area contributed by atoms with Crippen LogP contribution in [0.25, 0.3) is 0 Å². The summed E-state index contributed by atoms with van der Waals surface area (Å²) in [7, 11) is 0. The Labute approximate surface area is 151 Å². The summed E-state index contributed by atoms with van der Waals surface area (Å²) in [4.78, 5) is 12.5. The molecule has 2 atom stereocenters. The number of benzene rings is 2. The van der Waals surface area contributed by atoms with Crippen molar-refractivity contribution in [3.63, 3.8) is 0 Å². The molecule has 0 saturated heterocycles. The van der Waals surface area contributed by atoms with Crippen LogP contribution in [-0.4, -0.2) is 12.0 Å². The van der Waals surface area contributed by atoms with E-state index in [1.165, 1.54) is 5.56 Å². The molecule has 0 bridgehead atoms. The van der Waals surface area contributed by atoms with E-state index >= 15 is 0 Å². The minimum atomic E-state index is -0.543. The lowest BCUT2D eigenvalue weighted by atomic mass is 9.87.